The molecule has 0 saturated heterocycles. The van der Waals surface area contributed by atoms with Crippen LogP contribution in [0.4, 0.5) is 0 Å². The smallest absolute Gasteiger partial charge is 0.105 e. The van der Waals surface area contributed by atoms with Gasteiger partial charge in [0.2, 0.25) is 0 Å². The molecule has 1 aliphatic rings. The predicted molar refractivity (Wildman–Crippen MR) is 72.7 cm³/mol. The van der Waals surface area contributed by atoms with Gasteiger partial charge in [-0.25, -0.2) is 0 Å². The zero-order valence-corrected chi connectivity index (χ0v) is 10.7. The van der Waals surface area contributed by atoms with Gasteiger partial charge >= 0.3 is 0 Å². The van der Waals surface area contributed by atoms with Crippen molar-refractivity contribution in [1.29, 1.82) is 0 Å². The molecule has 1 heteroatoms. The average molecular weight is 226 g/mol. The first-order chi connectivity index (χ1) is 8.26. The lowest BCUT2D eigenvalue weighted by atomic mass is 10.0. The Morgan fingerprint density at radius 1 is 0.882 bits per heavy atom. The van der Waals surface area contributed by atoms with E-state index in [-0.39, 0.29) is 0 Å². The molecule has 2 aromatic rings. The molecule has 0 N–H and O–H groups in total. The third-order valence-electron chi connectivity index (χ3n) is 4.42. The molecule has 88 valence electrons. The number of fused-ring (bicyclic) bond motifs is 2. The van der Waals surface area contributed by atoms with Gasteiger partial charge in [-0.15, -0.1) is 0 Å². The van der Waals surface area contributed by atoms with Crippen LogP contribution in [-0.2, 0) is 13.1 Å². The minimum Gasteiger partial charge on any atom is -0.317 e. The molecule has 2 aromatic carbocycles. The first-order valence-corrected chi connectivity index (χ1v) is 6.62. The van der Waals surface area contributed by atoms with Crippen LogP contribution >= 0.6 is 0 Å². The maximum atomic E-state index is 2.40. The summed E-state index contributed by atoms with van der Waals surface area (Å²) in [5.41, 5.74) is 3.12. The highest BCUT2D eigenvalue weighted by atomic mass is 15.4. The van der Waals surface area contributed by atoms with Crippen molar-refractivity contribution < 1.29 is 4.48 Å². The molecular formula is C16H20N+. The molecule has 17 heavy (non-hydrogen) atoms. The second-order valence-electron chi connectivity index (χ2n) is 5.26. The fraction of sp³-hybridized carbons (Fsp3) is 0.375. The van der Waals surface area contributed by atoms with E-state index in [2.05, 4.69) is 50.2 Å². The molecular weight excluding hydrogens is 206 g/mol. The van der Waals surface area contributed by atoms with Crippen LogP contribution in [0.2, 0.25) is 0 Å². The van der Waals surface area contributed by atoms with Crippen molar-refractivity contribution in [3.8, 4) is 0 Å². The summed E-state index contributed by atoms with van der Waals surface area (Å²) >= 11 is 0. The Bertz CT molecular complexity index is 506. The number of hydrogen-bond acceptors (Lipinski definition) is 0. The molecule has 0 spiro atoms. The molecule has 0 fully saturated rings. The van der Waals surface area contributed by atoms with E-state index in [0.717, 1.165) is 0 Å². The van der Waals surface area contributed by atoms with Crippen molar-refractivity contribution in [2.45, 2.75) is 26.9 Å². The summed E-state index contributed by atoms with van der Waals surface area (Å²) in [5, 5.41) is 2.77. The highest BCUT2D eigenvalue weighted by molar-refractivity contribution is 5.84. The lowest BCUT2D eigenvalue weighted by Gasteiger charge is -2.31. The first-order valence-electron chi connectivity index (χ1n) is 6.62. The van der Waals surface area contributed by atoms with Crippen molar-refractivity contribution in [3.63, 3.8) is 0 Å². The Hall–Kier alpha value is -1.34. The summed E-state index contributed by atoms with van der Waals surface area (Å²) in [6, 6.07) is 13.5. The van der Waals surface area contributed by atoms with E-state index in [9.17, 15) is 0 Å². The lowest BCUT2D eigenvalue weighted by Crippen LogP contribution is -2.42. The molecule has 0 atom stereocenters. The van der Waals surface area contributed by atoms with E-state index >= 15 is 0 Å². The monoisotopic (exact) mass is 226 g/mol. The molecule has 1 nitrogen and oxygen atoms in total. The van der Waals surface area contributed by atoms with Crippen molar-refractivity contribution in [2.75, 3.05) is 13.1 Å². The Balaban J connectivity index is 2.11. The van der Waals surface area contributed by atoms with Gasteiger partial charge in [0.05, 0.1) is 13.1 Å². The molecule has 1 aliphatic heterocycles. The topological polar surface area (TPSA) is 0 Å². The van der Waals surface area contributed by atoms with Crippen LogP contribution in [0, 0.1) is 0 Å². The van der Waals surface area contributed by atoms with E-state index in [1.807, 2.05) is 0 Å². The zero-order valence-electron chi connectivity index (χ0n) is 10.7. The number of hydrogen-bond donors (Lipinski definition) is 0. The maximum Gasteiger partial charge on any atom is 0.105 e. The summed E-state index contributed by atoms with van der Waals surface area (Å²) in [6.45, 7) is 9.54. The fourth-order valence-electron chi connectivity index (χ4n) is 3.08. The molecule has 0 aliphatic carbocycles. The molecule has 0 bridgehead atoms. The van der Waals surface area contributed by atoms with E-state index in [0.29, 0.717) is 0 Å². The van der Waals surface area contributed by atoms with E-state index in [4.69, 9.17) is 0 Å². The predicted octanol–water partition coefficient (Wildman–Crippen LogP) is 3.71. The van der Waals surface area contributed by atoms with Crippen LogP contribution < -0.4 is 0 Å². The van der Waals surface area contributed by atoms with Gasteiger partial charge in [-0.2, -0.15) is 0 Å². The first kappa shape index (κ1) is 10.8. The van der Waals surface area contributed by atoms with Crippen LogP contribution in [0.3, 0.4) is 0 Å². The van der Waals surface area contributed by atoms with Gasteiger partial charge in [0, 0.05) is 11.1 Å². The quantitative estimate of drug-likeness (QED) is 0.685. The summed E-state index contributed by atoms with van der Waals surface area (Å²) in [6.07, 6.45) is 0. The second-order valence-corrected chi connectivity index (χ2v) is 5.26. The van der Waals surface area contributed by atoms with Gasteiger partial charge in [0.25, 0.3) is 0 Å². The molecule has 1 heterocycles. The van der Waals surface area contributed by atoms with E-state index in [1.165, 1.54) is 41.4 Å². The minimum absolute atomic E-state index is 1.22. The van der Waals surface area contributed by atoms with Crippen LogP contribution in [0.1, 0.15) is 25.0 Å². The highest BCUT2D eigenvalue weighted by Gasteiger charge is 2.32. The van der Waals surface area contributed by atoms with Crippen LogP contribution in [0.25, 0.3) is 10.8 Å². The van der Waals surface area contributed by atoms with Gasteiger partial charge in [0.15, 0.2) is 0 Å². The highest BCUT2D eigenvalue weighted by Crippen LogP contribution is 2.32. The van der Waals surface area contributed by atoms with Crippen LogP contribution in [0.15, 0.2) is 36.4 Å². The Labute approximate surface area is 103 Å². The number of rotatable bonds is 2. The van der Waals surface area contributed by atoms with Gasteiger partial charge in [-0.1, -0.05) is 24.3 Å². The lowest BCUT2D eigenvalue weighted by molar-refractivity contribution is -0.944. The number of nitrogens with zero attached hydrogens (tertiary/aromatic N) is 1. The van der Waals surface area contributed by atoms with Crippen molar-refractivity contribution in [2.24, 2.45) is 0 Å². The molecule has 0 saturated carbocycles. The van der Waals surface area contributed by atoms with Crippen LogP contribution in [0.5, 0.6) is 0 Å². The Morgan fingerprint density at radius 2 is 1.35 bits per heavy atom. The third kappa shape index (κ3) is 1.66. The second kappa shape index (κ2) is 3.85. The molecule has 0 unspecified atom stereocenters. The molecule has 0 aromatic heterocycles. The molecule has 0 amide bonds. The van der Waals surface area contributed by atoms with Crippen LogP contribution in [-0.4, -0.2) is 17.6 Å². The SMILES string of the molecule is CC[N+]1(CC)Cc2cc3ccccc3cc2C1. The summed E-state index contributed by atoms with van der Waals surface area (Å²) in [7, 11) is 0. The van der Waals surface area contributed by atoms with Gasteiger partial charge in [-0.05, 0) is 36.8 Å². The summed E-state index contributed by atoms with van der Waals surface area (Å²) in [5.74, 6) is 0. The average Bonchev–Trinajstić information content (AvgIpc) is 2.74. The number of quaternary nitrogens is 1. The fourth-order valence-corrected chi connectivity index (χ4v) is 3.08. The van der Waals surface area contributed by atoms with Crippen molar-refractivity contribution in [1.82, 2.24) is 0 Å². The maximum absolute atomic E-state index is 2.40. The normalized spacial score (nSPS) is 17.3. The third-order valence-corrected chi connectivity index (χ3v) is 4.42. The largest absolute Gasteiger partial charge is 0.317 e. The van der Waals surface area contributed by atoms with Crippen molar-refractivity contribution in [3.05, 3.63) is 47.5 Å². The standard InChI is InChI=1S/C16H20N/c1-3-17(4-2)11-15-9-13-7-5-6-8-14(13)10-16(15)12-17/h5-10H,3-4,11-12H2,1-2H3/q+1. The van der Waals surface area contributed by atoms with Gasteiger partial charge < -0.3 is 4.48 Å². The Morgan fingerprint density at radius 3 is 1.76 bits per heavy atom. The summed E-state index contributed by atoms with van der Waals surface area (Å²) < 4.78 is 1.23. The van der Waals surface area contributed by atoms with Gasteiger partial charge in [0.1, 0.15) is 13.1 Å². The zero-order chi connectivity index (χ0) is 11.9. The molecule has 0 radical (unpaired) electrons. The minimum atomic E-state index is 1.22. The summed E-state index contributed by atoms with van der Waals surface area (Å²) in [4.78, 5) is 0. The molecule has 3 rings (SSSR count). The van der Waals surface area contributed by atoms with Crippen molar-refractivity contribution >= 4 is 10.8 Å². The van der Waals surface area contributed by atoms with E-state index < -0.39 is 0 Å². The Kier molecular flexibility index (Phi) is 2.44. The van der Waals surface area contributed by atoms with Gasteiger partial charge in [-0.3, -0.25) is 0 Å². The van der Waals surface area contributed by atoms with E-state index in [1.54, 1.807) is 11.1 Å². The number of benzene rings is 2.